The molecule has 3 rings (SSSR count). The lowest BCUT2D eigenvalue weighted by atomic mass is 9.64. The Hall–Kier alpha value is -1.79. The number of carbonyl (C=O) groups is 3. The second-order valence-corrected chi connectivity index (χ2v) is 9.61. The molecule has 8 heteroatoms. The summed E-state index contributed by atoms with van der Waals surface area (Å²) in [6.07, 6.45) is 2.17. The normalized spacial score (nSPS) is 26.5. The monoisotopic (exact) mass is 425 g/mol. The average molecular weight is 426 g/mol. The molecule has 1 aromatic rings. The SMILES string of the molecule is C[C@@H]1CC(C)(C)C[C@@]2(C1)NC(=O)N(CC(=O)NCc1ccc(Cl)cc1Cl)C2=O. The first kappa shape index (κ1) is 20.9. The molecule has 1 aliphatic carbocycles. The van der Waals surface area contributed by atoms with Gasteiger partial charge in [0, 0.05) is 16.6 Å². The van der Waals surface area contributed by atoms with Crippen LogP contribution in [-0.4, -0.2) is 34.8 Å². The van der Waals surface area contributed by atoms with E-state index in [1.807, 2.05) is 0 Å². The maximum absolute atomic E-state index is 13.1. The first-order valence-corrected chi connectivity index (χ1v) is 10.1. The van der Waals surface area contributed by atoms with E-state index >= 15 is 0 Å². The molecule has 1 heterocycles. The fourth-order valence-electron chi connectivity index (χ4n) is 4.71. The maximum atomic E-state index is 13.1. The minimum atomic E-state index is -0.905. The molecule has 1 saturated heterocycles. The molecule has 0 bridgehead atoms. The van der Waals surface area contributed by atoms with Crippen molar-refractivity contribution in [3.05, 3.63) is 33.8 Å². The number of halogens is 2. The lowest BCUT2D eigenvalue weighted by molar-refractivity contribution is -0.137. The van der Waals surface area contributed by atoms with Crippen LogP contribution in [0.3, 0.4) is 0 Å². The van der Waals surface area contributed by atoms with Gasteiger partial charge in [0.15, 0.2) is 0 Å². The molecule has 152 valence electrons. The number of carbonyl (C=O) groups excluding carboxylic acids is 3. The Kier molecular flexibility index (Phi) is 5.65. The van der Waals surface area contributed by atoms with Crippen molar-refractivity contribution in [1.29, 1.82) is 0 Å². The number of hydrogen-bond acceptors (Lipinski definition) is 3. The quantitative estimate of drug-likeness (QED) is 0.720. The van der Waals surface area contributed by atoms with Gasteiger partial charge < -0.3 is 10.6 Å². The van der Waals surface area contributed by atoms with Crippen LogP contribution in [0, 0.1) is 11.3 Å². The third kappa shape index (κ3) is 4.28. The number of benzene rings is 1. The molecular weight excluding hydrogens is 401 g/mol. The van der Waals surface area contributed by atoms with Gasteiger partial charge in [0.2, 0.25) is 5.91 Å². The number of amides is 4. The van der Waals surface area contributed by atoms with E-state index < -0.39 is 17.5 Å². The molecule has 2 fully saturated rings. The van der Waals surface area contributed by atoms with Crippen LogP contribution in [0.5, 0.6) is 0 Å². The standard InChI is InChI=1S/C20H25Cl2N3O3/c1-12-7-19(2,3)11-20(8-12)17(27)25(18(28)24-20)10-16(26)23-9-13-4-5-14(21)6-15(13)22/h4-6,12H,7-11H2,1-3H3,(H,23,26)(H,24,28)/t12-,20-/m1/s1. The van der Waals surface area contributed by atoms with Gasteiger partial charge in [-0.05, 0) is 48.3 Å². The van der Waals surface area contributed by atoms with Crippen molar-refractivity contribution in [2.75, 3.05) is 6.54 Å². The summed E-state index contributed by atoms with van der Waals surface area (Å²) < 4.78 is 0. The van der Waals surface area contributed by atoms with E-state index in [0.717, 1.165) is 11.3 Å². The zero-order valence-corrected chi connectivity index (χ0v) is 17.8. The van der Waals surface area contributed by atoms with E-state index in [2.05, 4.69) is 31.4 Å². The Morgan fingerprint density at radius 2 is 2.00 bits per heavy atom. The molecule has 0 radical (unpaired) electrons. The highest BCUT2D eigenvalue weighted by Gasteiger charge is 2.56. The summed E-state index contributed by atoms with van der Waals surface area (Å²) in [5, 5.41) is 6.53. The van der Waals surface area contributed by atoms with Gasteiger partial charge in [-0.15, -0.1) is 0 Å². The van der Waals surface area contributed by atoms with Crippen LogP contribution in [0.2, 0.25) is 10.0 Å². The summed E-state index contributed by atoms with van der Waals surface area (Å²) in [5.41, 5.74) is -0.252. The number of hydrogen-bond donors (Lipinski definition) is 2. The minimum absolute atomic E-state index is 0.0514. The highest BCUT2D eigenvalue weighted by Crippen LogP contribution is 2.46. The fraction of sp³-hybridized carbons (Fsp3) is 0.550. The topological polar surface area (TPSA) is 78.5 Å². The van der Waals surface area contributed by atoms with Crippen molar-refractivity contribution < 1.29 is 14.4 Å². The molecule has 1 saturated carbocycles. The molecule has 0 unspecified atom stereocenters. The van der Waals surface area contributed by atoms with Gasteiger partial charge in [-0.1, -0.05) is 50.0 Å². The smallest absolute Gasteiger partial charge is 0.325 e. The molecule has 2 atom stereocenters. The van der Waals surface area contributed by atoms with Crippen LogP contribution < -0.4 is 10.6 Å². The number of rotatable bonds is 4. The van der Waals surface area contributed by atoms with Crippen molar-refractivity contribution in [3.8, 4) is 0 Å². The first-order chi connectivity index (χ1) is 13.0. The maximum Gasteiger partial charge on any atom is 0.325 e. The van der Waals surface area contributed by atoms with Gasteiger partial charge in [-0.25, -0.2) is 4.79 Å². The van der Waals surface area contributed by atoms with Gasteiger partial charge in [0.25, 0.3) is 5.91 Å². The predicted octanol–water partition coefficient (Wildman–Crippen LogP) is 3.75. The molecule has 2 aliphatic rings. The van der Waals surface area contributed by atoms with Crippen LogP contribution in [0.1, 0.15) is 45.6 Å². The van der Waals surface area contributed by atoms with Gasteiger partial charge in [-0.2, -0.15) is 0 Å². The average Bonchev–Trinajstić information content (AvgIpc) is 2.75. The van der Waals surface area contributed by atoms with E-state index in [1.165, 1.54) is 0 Å². The van der Waals surface area contributed by atoms with Crippen LogP contribution in [0.4, 0.5) is 4.79 Å². The van der Waals surface area contributed by atoms with Crippen molar-refractivity contribution in [2.45, 2.75) is 52.1 Å². The highest BCUT2D eigenvalue weighted by atomic mass is 35.5. The van der Waals surface area contributed by atoms with Crippen molar-refractivity contribution in [2.24, 2.45) is 11.3 Å². The zero-order valence-electron chi connectivity index (χ0n) is 16.3. The van der Waals surface area contributed by atoms with Crippen LogP contribution >= 0.6 is 23.2 Å². The van der Waals surface area contributed by atoms with Crippen molar-refractivity contribution in [1.82, 2.24) is 15.5 Å². The molecule has 6 nitrogen and oxygen atoms in total. The Bertz CT molecular complexity index is 827. The van der Waals surface area contributed by atoms with Gasteiger partial charge in [0.1, 0.15) is 12.1 Å². The van der Waals surface area contributed by atoms with Gasteiger partial charge >= 0.3 is 6.03 Å². The van der Waals surface area contributed by atoms with Crippen LogP contribution in [0.15, 0.2) is 18.2 Å². The Labute approximate surface area is 174 Å². The first-order valence-electron chi connectivity index (χ1n) is 9.36. The largest absolute Gasteiger partial charge is 0.350 e. The Balaban J connectivity index is 1.65. The fourth-order valence-corrected chi connectivity index (χ4v) is 5.18. The van der Waals surface area contributed by atoms with Crippen LogP contribution in [0.25, 0.3) is 0 Å². The second-order valence-electron chi connectivity index (χ2n) is 8.77. The molecule has 4 amide bonds. The van der Waals surface area contributed by atoms with Crippen LogP contribution in [-0.2, 0) is 16.1 Å². The lowest BCUT2D eigenvalue weighted by Crippen LogP contribution is -2.54. The summed E-state index contributed by atoms with van der Waals surface area (Å²) in [7, 11) is 0. The number of nitrogens with one attached hydrogen (secondary N) is 2. The summed E-state index contributed by atoms with van der Waals surface area (Å²) in [4.78, 5) is 38.9. The highest BCUT2D eigenvalue weighted by molar-refractivity contribution is 6.35. The van der Waals surface area contributed by atoms with Crippen molar-refractivity contribution in [3.63, 3.8) is 0 Å². The summed E-state index contributed by atoms with van der Waals surface area (Å²) in [6.45, 7) is 6.18. The molecule has 1 aromatic carbocycles. The Morgan fingerprint density at radius 1 is 1.29 bits per heavy atom. The molecule has 1 spiro atoms. The van der Waals surface area contributed by atoms with E-state index in [-0.39, 0.29) is 24.4 Å². The van der Waals surface area contributed by atoms with Gasteiger partial charge in [-0.3, -0.25) is 14.5 Å². The molecule has 1 aliphatic heterocycles. The van der Waals surface area contributed by atoms with Gasteiger partial charge in [0.05, 0.1) is 0 Å². The number of urea groups is 1. The zero-order chi connectivity index (χ0) is 20.7. The van der Waals surface area contributed by atoms with Crippen molar-refractivity contribution >= 4 is 41.0 Å². The van der Waals surface area contributed by atoms with E-state index in [1.54, 1.807) is 18.2 Å². The summed E-state index contributed by atoms with van der Waals surface area (Å²) >= 11 is 12.0. The molecule has 28 heavy (non-hydrogen) atoms. The van der Waals surface area contributed by atoms with E-state index in [9.17, 15) is 14.4 Å². The second kappa shape index (κ2) is 7.56. The molecule has 0 aromatic heterocycles. The molecule has 2 N–H and O–H groups in total. The lowest BCUT2D eigenvalue weighted by Gasteiger charge is -2.43. The third-order valence-corrected chi connectivity index (χ3v) is 6.00. The number of imide groups is 1. The predicted molar refractivity (Wildman–Crippen MR) is 108 cm³/mol. The summed E-state index contributed by atoms with van der Waals surface area (Å²) in [6, 6.07) is 4.49. The number of nitrogens with zero attached hydrogens (tertiary/aromatic N) is 1. The Morgan fingerprint density at radius 3 is 2.64 bits per heavy atom. The molecular formula is C20H25Cl2N3O3. The van der Waals surface area contributed by atoms with E-state index in [4.69, 9.17) is 23.2 Å². The van der Waals surface area contributed by atoms with E-state index in [0.29, 0.717) is 34.4 Å². The minimum Gasteiger partial charge on any atom is -0.350 e. The third-order valence-electron chi connectivity index (χ3n) is 5.42. The summed E-state index contributed by atoms with van der Waals surface area (Å²) in [5.74, 6) is -0.416.